The van der Waals surface area contributed by atoms with Crippen molar-refractivity contribution in [3.8, 4) is 0 Å². The molecule has 0 aliphatic carbocycles. The molecule has 4 rings (SSSR count). The number of carbonyl (C=O) groups excluding carboxylic acids is 1. The number of anilines is 1. The van der Waals surface area contributed by atoms with Crippen molar-refractivity contribution in [2.24, 2.45) is 0 Å². The first-order chi connectivity index (χ1) is 15.6. The number of likely N-dealkylation sites (N-methyl/N-ethyl adjacent to an activating group) is 1. The molecule has 0 atom stereocenters. The fourth-order valence-electron chi connectivity index (χ4n) is 3.51. The number of H-pyrrole nitrogens is 1. The molecule has 3 N–H and O–H groups in total. The van der Waals surface area contributed by atoms with Gasteiger partial charge in [-0.25, -0.2) is 4.79 Å². The second-order valence-corrected chi connectivity index (χ2v) is 8.03. The smallest absolute Gasteiger partial charge is 0.319 e. The number of nitrogens with one attached hydrogen (secondary N) is 3. The van der Waals surface area contributed by atoms with Gasteiger partial charge in [0.25, 0.3) is 0 Å². The third-order valence-corrected chi connectivity index (χ3v) is 5.19. The summed E-state index contributed by atoms with van der Waals surface area (Å²) >= 11 is 0. The lowest BCUT2D eigenvalue weighted by Crippen LogP contribution is -2.30. The zero-order chi connectivity index (χ0) is 22.3. The van der Waals surface area contributed by atoms with E-state index in [1.165, 1.54) is 10.9 Å². The van der Waals surface area contributed by atoms with Crippen LogP contribution in [0, 0.1) is 0 Å². The zero-order valence-electron chi connectivity index (χ0n) is 18.4. The SMILES string of the molecule is CN(C)CCc1c[nH]c2ccc(Cc3nc(CCNC(=O)Nc4ccccc4)no3)cc12. The zero-order valence-corrected chi connectivity index (χ0v) is 18.4. The van der Waals surface area contributed by atoms with E-state index in [0.29, 0.717) is 31.1 Å². The fourth-order valence-corrected chi connectivity index (χ4v) is 3.51. The number of aromatic nitrogens is 3. The lowest BCUT2D eigenvalue weighted by atomic mass is 10.1. The second-order valence-electron chi connectivity index (χ2n) is 8.03. The summed E-state index contributed by atoms with van der Waals surface area (Å²) in [5.74, 6) is 1.15. The number of amides is 2. The van der Waals surface area contributed by atoms with E-state index in [4.69, 9.17) is 4.52 Å². The predicted octanol–water partition coefficient (Wildman–Crippen LogP) is 3.61. The summed E-state index contributed by atoms with van der Waals surface area (Å²) in [6.45, 7) is 1.42. The number of hydrogen-bond acceptors (Lipinski definition) is 5. The van der Waals surface area contributed by atoms with E-state index in [0.717, 1.165) is 29.7 Å². The highest BCUT2D eigenvalue weighted by molar-refractivity contribution is 5.89. The van der Waals surface area contributed by atoms with Gasteiger partial charge in [-0.05, 0) is 55.9 Å². The van der Waals surface area contributed by atoms with Crippen LogP contribution in [-0.4, -0.2) is 53.2 Å². The highest BCUT2D eigenvalue weighted by Crippen LogP contribution is 2.22. The summed E-state index contributed by atoms with van der Waals surface area (Å²) < 4.78 is 5.42. The molecule has 0 aliphatic heterocycles. The standard InChI is InChI=1S/C24H28N6O2/c1-30(2)13-11-18-16-26-21-9-8-17(14-20(18)21)15-23-28-22(29-32-23)10-12-25-24(31)27-19-6-4-3-5-7-19/h3-9,14,16,26H,10-13,15H2,1-2H3,(H2,25,27,31). The Labute approximate surface area is 187 Å². The van der Waals surface area contributed by atoms with Crippen LogP contribution in [0.5, 0.6) is 0 Å². The summed E-state index contributed by atoms with van der Waals surface area (Å²) in [7, 11) is 4.16. The van der Waals surface area contributed by atoms with E-state index in [2.05, 4.69) is 69.1 Å². The average molecular weight is 433 g/mol. The van der Waals surface area contributed by atoms with E-state index in [-0.39, 0.29) is 6.03 Å². The minimum Gasteiger partial charge on any atom is -0.361 e. The van der Waals surface area contributed by atoms with E-state index < -0.39 is 0 Å². The van der Waals surface area contributed by atoms with Crippen molar-refractivity contribution >= 4 is 22.6 Å². The average Bonchev–Trinajstić information content (AvgIpc) is 3.39. The Balaban J connectivity index is 1.30. The molecule has 0 spiro atoms. The molecule has 166 valence electrons. The maximum absolute atomic E-state index is 12.0. The fraction of sp³-hybridized carbons (Fsp3) is 0.292. The second kappa shape index (κ2) is 10.1. The Morgan fingerprint density at radius 2 is 1.97 bits per heavy atom. The van der Waals surface area contributed by atoms with Crippen molar-refractivity contribution in [1.29, 1.82) is 0 Å². The molecule has 0 radical (unpaired) electrons. The molecule has 0 saturated carbocycles. The van der Waals surface area contributed by atoms with Crippen molar-refractivity contribution < 1.29 is 9.32 Å². The van der Waals surface area contributed by atoms with E-state index in [9.17, 15) is 4.79 Å². The van der Waals surface area contributed by atoms with Gasteiger partial charge in [0.15, 0.2) is 5.82 Å². The maximum Gasteiger partial charge on any atom is 0.319 e. The number of aromatic amines is 1. The molecule has 0 aliphatic rings. The molecule has 2 aromatic heterocycles. The maximum atomic E-state index is 12.0. The largest absolute Gasteiger partial charge is 0.361 e. The number of urea groups is 1. The molecule has 0 saturated heterocycles. The van der Waals surface area contributed by atoms with Crippen LogP contribution < -0.4 is 10.6 Å². The van der Waals surface area contributed by atoms with Crippen molar-refractivity contribution in [3.63, 3.8) is 0 Å². The quantitative estimate of drug-likeness (QED) is 0.375. The number of rotatable bonds is 9. The first-order valence-electron chi connectivity index (χ1n) is 10.7. The molecular weight excluding hydrogens is 404 g/mol. The summed E-state index contributed by atoms with van der Waals surface area (Å²) in [4.78, 5) is 22.0. The number of hydrogen-bond donors (Lipinski definition) is 3. The van der Waals surface area contributed by atoms with Gasteiger partial charge in [0.2, 0.25) is 5.89 Å². The van der Waals surface area contributed by atoms with Crippen molar-refractivity contribution in [3.05, 3.63) is 77.6 Å². The first-order valence-corrected chi connectivity index (χ1v) is 10.7. The minimum atomic E-state index is -0.259. The van der Waals surface area contributed by atoms with Crippen molar-refractivity contribution in [2.75, 3.05) is 32.5 Å². The van der Waals surface area contributed by atoms with Gasteiger partial charge in [-0.2, -0.15) is 4.98 Å². The summed E-state index contributed by atoms with van der Waals surface area (Å²) in [5, 5.41) is 10.9. The predicted molar refractivity (Wildman–Crippen MR) is 125 cm³/mol. The van der Waals surface area contributed by atoms with Gasteiger partial charge in [-0.15, -0.1) is 0 Å². The van der Waals surface area contributed by atoms with Crippen LogP contribution in [0.1, 0.15) is 22.8 Å². The van der Waals surface area contributed by atoms with Crippen LogP contribution in [0.4, 0.5) is 10.5 Å². The molecule has 0 bridgehead atoms. The molecular formula is C24H28N6O2. The Bertz CT molecular complexity index is 1170. The molecule has 2 aromatic carbocycles. The molecule has 2 heterocycles. The van der Waals surface area contributed by atoms with Crippen LogP contribution in [0.25, 0.3) is 10.9 Å². The van der Waals surface area contributed by atoms with Crippen molar-refractivity contribution in [2.45, 2.75) is 19.3 Å². The molecule has 0 unspecified atom stereocenters. The molecule has 2 amide bonds. The van der Waals surface area contributed by atoms with Gasteiger partial charge in [0.1, 0.15) is 0 Å². The van der Waals surface area contributed by atoms with Crippen LogP contribution in [-0.2, 0) is 19.3 Å². The highest BCUT2D eigenvalue weighted by atomic mass is 16.5. The molecule has 0 fully saturated rings. The van der Waals surface area contributed by atoms with E-state index in [1.807, 2.05) is 30.3 Å². The minimum absolute atomic E-state index is 0.259. The lowest BCUT2D eigenvalue weighted by molar-refractivity contribution is 0.252. The summed E-state index contributed by atoms with van der Waals surface area (Å²) in [6.07, 6.45) is 4.15. The van der Waals surface area contributed by atoms with Gasteiger partial charge in [0.05, 0.1) is 6.42 Å². The summed E-state index contributed by atoms with van der Waals surface area (Å²) in [5.41, 5.74) is 4.31. The van der Waals surface area contributed by atoms with Crippen LogP contribution in [0.3, 0.4) is 0 Å². The number of para-hydroxylation sites is 1. The van der Waals surface area contributed by atoms with Gasteiger partial charge < -0.3 is 25.0 Å². The third kappa shape index (κ3) is 5.73. The molecule has 32 heavy (non-hydrogen) atoms. The number of fused-ring (bicyclic) bond motifs is 1. The normalized spacial score (nSPS) is 11.2. The molecule has 8 nitrogen and oxygen atoms in total. The third-order valence-electron chi connectivity index (χ3n) is 5.19. The number of carbonyl (C=O) groups is 1. The topological polar surface area (TPSA) is 99.1 Å². The molecule has 8 heteroatoms. The first kappa shape index (κ1) is 21.6. The number of benzene rings is 2. The van der Waals surface area contributed by atoms with Gasteiger partial charge in [-0.3, -0.25) is 0 Å². The summed E-state index contributed by atoms with van der Waals surface area (Å²) in [6, 6.07) is 15.4. The van der Waals surface area contributed by atoms with Gasteiger partial charge in [0, 0.05) is 42.3 Å². The number of nitrogens with zero attached hydrogens (tertiary/aromatic N) is 3. The Morgan fingerprint density at radius 1 is 1.12 bits per heavy atom. The van der Waals surface area contributed by atoms with E-state index in [1.54, 1.807) is 0 Å². The van der Waals surface area contributed by atoms with Crippen LogP contribution >= 0.6 is 0 Å². The lowest BCUT2D eigenvalue weighted by Gasteiger charge is -2.08. The van der Waals surface area contributed by atoms with Crippen molar-refractivity contribution in [1.82, 2.24) is 25.3 Å². The van der Waals surface area contributed by atoms with Gasteiger partial charge >= 0.3 is 6.03 Å². The molecule has 4 aromatic rings. The monoisotopic (exact) mass is 432 g/mol. The van der Waals surface area contributed by atoms with Crippen LogP contribution in [0.2, 0.25) is 0 Å². The Morgan fingerprint density at radius 3 is 2.78 bits per heavy atom. The van der Waals surface area contributed by atoms with E-state index >= 15 is 0 Å². The van der Waals surface area contributed by atoms with Gasteiger partial charge in [-0.1, -0.05) is 29.4 Å². The highest BCUT2D eigenvalue weighted by Gasteiger charge is 2.10. The Kier molecular flexibility index (Phi) is 6.81. The van der Waals surface area contributed by atoms with Crippen LogP contribution in [0.15, 0.2) is 59.3 Å². The Hall–Kier alpha value is -3.65.